The molecule has 1 saturated heterocycles. The van der Waals surface area contributed by atoms with Gasteiger partial charge >= 0.3 is 0 Å². The van der Waals surface area contributed by atoms with Crippen LogP contribution in [0.25, 0.3) is 11.4 Å². The van der Waals surface area contributed by atoms with Crippen LogP contribution in [0.4, 0.5) is 11.4 Å². The summed E-state index contributed by atoms with van der Waals surface area (Å²) in [6.07, 6.45) is 0.754. The van der Waals surface area contributed by atoms with Gasteiger partial charge in [0.1, 0.15) is 5.82 Å². The van der Waals surface area contributed by atoms with Gasteiger partial charge in [-0.15, -0.1) is 11.3 Å². The van der Waals surface area contributed by atoms with Gasteiger partial charge in [0.05, 0.1) is 12.0 Å². The predicted octanol–water partition coefficient (Wildman–Crippen LogP) is 5.24. The van der Waals surface area contributed by atoms with Crippen LogP contribution in [0.1, 0.15) is 35.0 Å². The number of carbonyl (C=O) groups excluding carboxylic acids is 2. The fraction of sp³-hybridized carbons (Fsp3) is 0.214. The monoisotopic (exact) mass is 498 g/mol. The van der Waals surface area contributed by atoms with E-state index >= 15 is 0 Å². The molecular weight excluding hydrogens is 472 g/mol. The molecule has 2 aromatic carbocycles. The van der Waals surface area contributed by atoms with Crippen LogP contribution in [0.2, 0.25) is 0 Å². The molecule has 0 bridgehead atoms. The van der Waals surface area contributed by atoms with Gasteiger partial charge in [0.25, 0.3) is 5.56 Å². The van der Waals surface area contributed by atoms with Crippen molar-refractivity contribution in [3.05, 3.63) is 98.6 Å². The lowest BCUT2D eigenvalue weighted by atomic mass is 9.86. The number of piperidine rings is 1. The highest BCUT2D eigenvalue weighted by Crippen LogP contribution is 2.42. The number of anilines is 2. The van der Waals surface area contributed by atoms with Crippen molar-refractivity contribution >= 4 is 34.5 Å². The Hall–Kier alpha value is -4.04. The van der Waals surface area contributed by atoms with Crippen molar-refractivity contribution in [2.45, 2.75) is 32.7 Å². The van der Waals surface area contributed by atoms with E-state index in [2.05, 4.69) is 15.3 Å². The van der Waals surface area contributed by atoms with Crippen LogP contribution in [0, 0.1) is 19.8 Å². The van der Waals surface area contributed by atoms with Crippen LogP contribution >= 0.6 is 11.3 Å². The van der Waals surface area contributed by atoms with Crippen molar-refractivity contribution in [1.29, 1.82) is 0 Å². The summed E-state index contributed by atoms with van der Waals surface area (Å²) in [5.74, 6) is -0.122. The second-order valence-corrected chi connectivity index (χ2v) is 9.99. The van der Waals surface area contributed by atoms with Gasteiger partial charge in [-0.2, -0.15) is 0 Å². The molecule has 1 fully saturated rings. The molecule has 0 radical (unpaired) electrons. The fourth-order valence-corrected chi connectivity index (χ4v) is 5.54. The van der Waals surface area contributed by atoms with Crippen LogP contribution in [0.3, 0.4) is 0 Å². The molecule has 3 heterocycles. The van der Waals surface area contributed by atoms with E-state index in [9.17, 15) is 14.4 Å². The highest BCUT2D eigenvalue weighted by molar-refractivity contribution is 7.10. The molecule has 4 aromatic rings. The van der Waals surface area contributed by atoms with Gasteiger partial charge in [-0.05, 0) is 56.0 Å². The van der Waals surface area contributed by atoms with E-state index in [0.717, 1.165) is 16.1 Å². The molecule has 8 heteroatoms. The first-order chi connectivity index (χ1) is 17.4. The number of thiophene rings is 1. The number of hydrogen-bond acceptors (Lipinski definition) is 5. The number of nitrogens with zero attached hydrogens (tertiary/aromatic N) is 2. The van der Waals surface area contributed by atoms with Crippen molar-refractivity contribution in [3.8, 4) is 11.4 Å². The zero-order valence-electron chi connectivity index (χ0n) is 20.0. The Labute approximate surface area is 212 Å². The third-order valence-electron chi connectivity index (χ3n) is 6.35. The topological polar surface area (TPSA) is 95.2 Å². The van der Waals surface area contributed by atoms with Crippen LogP contribution < -0.4 is 15.8 Å². The minimum atomic E-state index is -0.428. The quantitative estimate of drug-likeness (QED) is 0.393. The first-order valence-corrected chi connectivity index (χ1v) is 12.7. The summed E-state index contributed by atoms with van der Waals surface area (Å²) < 4.78 is 0. The SMILES string of the molecule is Cc1ccc(N2C(=O)CCC(C(=O)Nc3cccc(-c4nc(C)cc(=O)[nH]4)c3)C2c2cccs2)cc1. The van der Waals surface area contributed by atoms with Crippen LogP contribution in [0.5, 0.6) is 0 Å². The van der Waals surface area contributed by atoms with Crippen LogP contribution in [-0.4, -0.2) is 21.8 Å². The van der Waals surface area contributed by atoms with Crippen molar-refractivity contribution < 1.29 is 9.59 Å². The lowest BCUT2D eigenvalue weighted by Gasteiger charge is -2.40. The maximum absolute atomic E-state index is 13.6. The zero-order chi connectivity index (χ0) is 25.2. The molecule has 36 heavy (non-hydrogen) atoms. The van der Waals surface area contributed by atoms with Gasteiger partial charge in [-0.25, -0.2) is 4.98 Å². The second kappa shape index (κ2) is 9.91. The first kappa shape index (κ1) is 23.7. The number of nitrogens with one attached hydrogen (secondary N) is 2. The Kier molecular flexibility index (Phi) is 6.52. The normalized spacial score (nSPS) is 17.7. The number of rotatable bonds is 5. The Morgan fingerprint density at radius 1 is 1.06 bits per heavy atom. The standard InChI is InChI=1S/C28H26N4O3S/c1-17-8-10-21(11-9-17)32-25(34)13-12-22(26(32)23-7-4-14-36-23)28(35)30-20-6-3-5-19(16-20)27-29-18(2)15-24(33)31-27/h3-11,14-16,22,26H,12-13H2,1-2H3,(H,30,35)(H,29,31,33). The van der Waals surface area contributed by atoms with Crippen molar-refractivity contribution in [1.82, 2.24) is 9.97 Å². The van der Waals surface area contributed by atoms with Gasteiger partial charge in [0.15, 0.2) is 0 Å². The van der Waals surface area contributed by atoms with Gasteiger partial charge in [-0.3, -0.25) is 14.4 Å². The predicted molar refractivity (Wildman–Crippen MR) is 142 cm³/mol. The minimum absolute atomic E-state index is 0.0118. The fourth-order valence-electron chi connectivity index (χ4n) is 4.66. The number of benzene rings is 2. The minimum Gasteiger partial charge on any atom is -0.326 e. The van der Waals surface area contributed by atoms with E-state index in [-0.39, 0.29) is 17.4 Å². The summed E-state index contributed by atoms with van der Waals surface area (Å²) in [6, 6.07) is 20.0. The number of amides is 2. The average molecular weight is 499 g/mol. The van der Waals surface area contributed by atoms with Crippen molar-refractivity contribution in [2.75, 3.05) is 10.2 Å². The molecule has 182 valence electrons. The smallest absolute Gasteiger partial charge is 0.251 e. The van der Waals surface area contributed by atoms with E-state index in [0.29, 0.717) is 35.6 Å². The summed E-state index contributed by atoms with van der Waals surface area (Å²) in [7, 11) is 0. The van der Waals surface area contributed by atoms with Crippen LogP contribution in [0.15, 0.2) is 76.9 Å². The van der Waals surface area contributed by atoms with E-state index in [1.54, 1.807) is 35.3 Å². The third kappa shape index (κ3) is 4.85. The molecular formula is C28H26N4O3S. The summed E-state index contributed by atoms with van der Waals surface area (Å²) in [6.45, 7) is 3.77. The number of aryl methyl sites for hydroxylation is 2. The highest BCUT2D eigenvalue weighted by atomic mass is 32.1. The molecule has 1 aliphatic rings. The average Bonchev–Trinajstić information content (AvgIpc) is 3.39. The summed E-state index contributed by atoms with van der Waals surface area (Å²) in [5.41, 5.74) is 3.58. The van der Waals surface area contributed by atoms with Gasteiger partial charge in [0.2, 0.25) is 11.8 Å². The van der Waals surface area contributed by atoms with Gasteiger partial charge in [0, 0.05) is 40.0 Å². The molecule has 5 rings (SSSR count). The molecule has 7 nitrogen and oxygen atoms in total. The number of aromatic nitrogens is 2. The lowest BCUT2D eigenvalue weighted by molar-refractivity contribution is -0.125. The third-order valence-corrected chi connectivity index (χ3v) is 7.30. The molecule has 0 aliphatic carbocycles. The molecule has 1 aliphatic heterocycles. The van der Waals surface area contributed by atoms with E-state index in [1.165, 1.54) is 6.07 Å². The Balaban J connectivity index is 1.46. The van der Waals surface area contributed by atoms with E-state index in [4.69, 9.17) is 0 Å². The highest BCUT2D eigenvalue weighted by Gasteiger charge is 2.42. The van der Waals surface area contributed by atoms with Gasteiger partial charge in [-0.1, -0.05) is 35.9 Å². The Morgan fingerprint density at radius 2 is 1.86 bits per heavy atom. The largest absolute Gasteiger partial charge is 0.326 e. The zero-order valence-corrected chi connectivity index (χ0v) is 20.8. The molecule has 2 N–H and O–H groups in total. The van der Waals surface area contributed by atoms with Crippen molar-refractivity contribution in [3.63, 3.8) is 0 Å². The van der Waals surface area contributed by atoms with E-state index < -0.39 is 12.0 Å². The Morgan fingerprint density at radius 3 is 2.58 bits per heavy atom. The second-order valence-electron chi connectivity index (χ2n) is 9.01. The maximum atomic E-state index is 13.6. The van der Waals surface area contributed by atoms with Gasteiger partial charge < -0.3 is 15.2 Å². The van der Waals surface area contributed by atoms with E-state index in [1.807, 2.05) is 60.8 Å². The number of hydrogen-bond donors (Lipinski definition) is 2. The molecule has 2 aromatic heterocycles. The molecule has 2 unspecified atom stereocenters. The summed E-state index contributed by atoms with van der Waals surface area (Å²) in [5, 5.41) is 5.01. The molecule has 0 saturated carbocycles. The number of aromatic amines is 1. The number of carbonyl (C=O) groups is 2. The van der Waals surface area contributed by atoms with Crippen molar-refractivity contribution in [2.24, 2.45) is 5.92 Å². The lowest BCUT2D eigenvalue weighted by Crippen LogP contribution is -2.46. The summed E-state index contributed by atoms with van der Waals surface area (Å²) in [4.78, 5) is 48.6. The summed E-state index contributed by atoms with van der Waals surface area (Å²) >= 11 is 1.55. The molecule has 2 amide bonds. The maximum Gasteiger partial charge on any atom is 0.251 e. The number of H-pyrrole nitrogens is 1. The molecule has 2 atom stereocenters. The molecule has 0 spiro atoms. The van der Waals surface area contributed by atoms with Crippen LogP contribution in [-0.2, 0) is 9.59 Å². The first-order valence-electron chi connectivity index (χ1n) is 11.8. The Bertz CT molecular complexity index is 1460.